The molecule has 6 nitrogen and oxygen atoms in total. The first-order chi connectivity index (χ1) is 11.9. The van der Waals surface area contributed by atoms with Crippen LogP contribution in [0.4, 0.5) is 11.4 Å². The van der Waals surface area contributed by atoms with Crippen molar-refractivity contribution >= 4 is 27.3 Å². The number of rotatable bonds is 8. The maximum atomic E-state index is 12.3. The van der Waals surface area contributed by atoms with Crippen LogP contribution in [0.5, 0.6) is 0 Å². The second kappa shape index (κ2) is 9.20. The molecule has 1 aliphatic heterocycles. The fraction of sp³-hybridized carbons (Fsp3) is 0.611. The number of hydrogen-bond acceptors (Lipinski definition) is 4. The van der Waals surface area contributed by atoms with E-state index in [1.807, 2.05) is 6.92 Å². The Morgan fingerprint density at radius 2 is 2.12 bits per heavy atom. The highest BCUT2D eigenvalue weighted by molar-refractivity contribution is 7.92. The third-order valence-corrected chi connectivity index (χ3v) is 6.03. The van der Waals surface area contributed by atoms with Crippen LogP contribution in [-0.2, 0) is 14.8 Å². The molecule has 3 N–H and O–H groups in total. The van der Waals surface area contributed by atoms with Crippen molar-refractivity contribution in [3.8, 4) is 0 Å². The monoisotopic (exact) mass is 367 g/mol. The summed E-state index contributed by atoms with van der Waals surface area (Å²) in [6.07, 6.45) is 3.35. The van der Waals surface area contributed by atoms with Crippen LogP contribution in [-0.4, -0.2) is 33.2 Å². The van der Waals surface area contributed by atoms with Gasteiger partial charge in [-0.2, -0.15) is 0 Å². The molecule has 1 amide bonds. The first-order valence-corrected chi connectivity index (χ1v) is 10.7. The topological polar surface area (TPSA) is 87.3 Å². The molecule has 2 rings (SSSR count). The summed E-state index contributed by atoms with van der Waals surface area (Å²) in [4.78, 5) is 12.3. The second-order valence-electron chi connectivity index (χ2n) is 6.84. The highest BCUT2D eigenvalue weighted by atomic mass is 32.2. The quantitative estimate of drug-likeness (QED) is 0.659. The molecule has 1 heterocycles. The average molecular weight is 368 g/mol. The molecule has 1 aromatic carbocycles. The number of carbonyl (C=O) groups excluding carboxylic acids is 1. The minimum atomic E-state index is -3.33. The standard InChI is InChI=1S/C18H29N3O3S/c1-3-10-25(23,24)21-17-8-4-7-16(12-17)20-18(22)11-14(2)15-6-5-9-19-13-15/h4,7-8,12,14-15,19,21H,3,5-6,9-11,13H2,1-2H3,(H,20,22). The Morgan fingerprint density at radius 1 is 1.36 bits per heavy atom. The van der Waals surface area contributed by atoms with Crippen molar-refractivity contribution in [2.24, 2.45) is 11.8 Å². The lowest BCUT2D eigenvalue weighted by Gasteiger charge is -2.28. The third kappa shape index (κ3) is 6.66. The van der Waals surface area contributed by atoms with Crippen molar-refractivity contribution in [3.05, 3.63) is 24.3 Å². The van der Waals surface area contributed by atoms with E-state index in [4.69, 9.17) is 0 Å². The molecule has 7 heteroatoms. The molecule has 0 bridgehead atoms. The predicted molar refractivity (Wildman–Crippen MR) is 102 cm³/mol. The van der Waals surface area contributed by atoms with Crippen molar-refractivity contribution < 1.29 is 13.2 Å². The van der Waals surface area contributed by atoms with Crippen LogP contribution in [0.1, 0.15) is 39.5 Å². The Labute approximate surface area is 150 Å². The van der Waals surface area contributed by atoms with E-state index in [1.165, 1.54) is 0 Å². The van der Waals surface area contributed by atoms with Gasteiger partial charge in [-0.05, 0) is 62.4 Å². The number of nitrogens with one attached hydrogen (secondary N) is 3. The molecular weight excluding hydrogens is 338 g/mol. The van der Waals surface area contributed by atoms with Crippen LogP contribution in [0, 0.1) is 11.8 Å². The second-order valence-corrected chi connectivity index (χ2v) is 8.68. The molecule has 25 heavy (non-hydrogen) atoms. The van der Waals surface area contributed by atoms with Gasteiger partial charge in [-0.3, -0.25) is 9.52 Å². The zero-order valence-corrected chi connectivity index (χ0v) is 15.9. The summed E-state index contributed by atoms with van der Waals surface area (Å²) < 4.78 is 26.2. The van der Waals surface area contributed by atoms with Gasteiger partial charge >= 0.3 is 0 Å². The van der Waals surface area contributed by atoms with Gasteiger partial charge in [0, 0.05) is 12.1 Å². The predicted octanol–water partition coefficient (Wildman–Crippen LogP) is 2.80. The van der Waals surface area contributed by atoms with Crippen LogP contribution in [0.2, 0.25) is 0 Å². The average Bonchev–Trinajstić information content (AvgIpc) is 2.55. The molecule has 2 unspecified atom stereocenters. The Hall–Kier alpha value is -1.60. The molecule has 0 aliphatic carbocycles. The largest absolute Gasteiger partial charge is 0.326 e. The minimum absolute atomic E-state index is 0.0355. The van der Waals surface area contributed by atoms with E-state index in [1.54, 1.807) is 24.3 Å². The van der Waals surface area contributed by atoms with Crippen LogP contribution >= 0.6 is 0 Å². The van der Waals surface area contributed by atoms with Gasteiger partial charge in [0.2, 0.25) is 15.9 Å². The first kappa shape index (κ1) is 19.7. The molecule has 0 saturated carbocycles. The fourth-order valence-corrected chi connectivity index (χ4v) is 4.32. The number of anilines is 2. The third-order valence-electron chi connectivity index (χ3n) is 4.54. The molecule has 0 aromatic heterocycles. The zero-order chi connectivity index (χ0) is 18.3. The summed E-state index contributed by atoms with van der Waals surface area (Å²) >= 11 is 0. The number of piperidine rings is 1. The van der Waals surface area contributed by atoms with Crippen molar-refractivity contribution in [1.29, 1.82) is 0 Å². The van der Waals surface area contributed by atoms with Crippen molar-refractivity contribution in [1.82, 2.24) is 5.32 Å². The molecule has 140 valence electrons. The summed E-state index contributed by atoms with van der Waals surface area (Å²) in [5.74, 6) is 0.897. The summed E-state index contributed by atoms with van der Waals surface area (Å²) in [6, 6.07) is 6.83. The van der Waals surface area contributed by atoms with Crippen LogP contribution in [0.15, 0.2) is 24.3 Å². The lowest BCUT2D eigenvalue weighted by molar-refractivity contribution is -0.117. The van der Waals surface area contributed by atoms with Gasteiger partial charge in [-0.25, -0.2) is 8.42 Å². The van der Waals surface area contributed by atoms with E-state index in [2.05, 4.69) is 22.3 Å². The molecular formula is C18H29N3O3S. The smallest absolute Gasteiger partial charge is 0.232 e. The van der Waals surface area contributed by atoms with Crippen molar-refractivity contribution in [2.75, 3.05) is 28.9 Å². The molecule has 1 saturated heterocycles. The molecule has 1 fully saturated rings. The van der Waals surface area contributed by atoms with Gasteiger partial charge in [0.1, 0.15) is 0 Å². The van der Waals surface area contributed by atoms with E-state index in [0.29, 0.717) is 36.1 Å². The maximum Gasteiger partial charge on any atom is 0.232 e. The Kier molecular flexibility index (Phi) is 7.25. The normalized spacial score (nSPS) is 19.2. The number of benzene rings is 1. The highest BCUT2D eigenvalue weighted by Crippen LogP contribution is 2.23. The zero-order valence-electron chi connectivity index (χ0n) is 15.0. The van der Waals surface area contributed by atoms with Gasteiger partial charge in [0.25, 0.3) is 0 Å². The summed E-state index contributed by atoms with van der Waals surface area (Å²) in [7, 11) is -3.33. The summed E-state index contributed by atoms with van der Waals surface area (Å²) in [6.45, 7) is 5.98. The van der Waals surface area contributed by atoms with Gasteiger partial charge in [0.15, 0.2) is 0 Å². The van der Waals surface area contributed by atoms with E-state index in [0.717, 1.165) is 25.9 Å². The maximum absolute atomic E-state index is 12.3. The minimum Gasteiger partial charge on any atom is -0.326 e. The Morgan fingerprint density at radius 3 is 2.80 bits per heavy atom. The number of sulfonamides is 1. The fourth-order valence-electron chi connectivity index (χ4n) is 3.20. The molecule has 1 aliphatic rings. The molecule has 0 spiro atoms. The molecule has 1 aromatic rings. The van der Waals surface area contributed by atoms with Gasteiger partial charge in [-0.15, -0.1) is 0 Å². The Bertz CT molecular complexity index is 670. The van der Waals surface area contributed by atoms with Gasteiger partial charge in [0.05, 0.1) is 11.4 Å². The van der Waals surface area contributed by atoms with E-state index in [9.17, 15) is 13.2 Å². The lowest BCUT2D eigenvalue weighted by Crippen LogP contribution is -2.34. The molecule has 0 radical (unpaired) electrons. The van der Waals surface area contributed by atoms with Crippen molar-refractivity contribution in [3.63, 3.8) is 0 Å². The lowest BCUT2D eigenvalue weighted by atomic mass is 9.85. The highest BCUT2D eigenvalue weighted by Gasteiger charge is 2.22. The van der Waals surface area contributed by atoms with Gasteiger partial charge in [-0.1, -0.05) is 19.9 Å². The van der Waals surface area contributed by atoms with Gasteiger partial charge < -0.3 is 10.6 Å². The number of carbonyl (C=O) groups is 1. The van der Waals surface area contributed by atoms with Crippen LogP contribution in [0.3, 0.4) is 0 Å². The van der Waals surface area contributed by atoms with E-state index >= 15 is 0 Å². The summed E-state index contributed by atoms with van der Waals surface area (Å²) in [5.41, 5.74) is 1.08. The van der Waals surface area contributed by atoms with Crippen molar-refractivity contribution in [2.45, 2.75) is 39.5 Å². The van der Waals surface area contributed by atoms with Crippen LogP contribution < -0.4 is 15.4 Å². The van der Waals surface area contributed by atoms with Crippen LogP contribution in [0.25, 0.3) is 0 Å². The SMILES string of the molecule is CCCS(=O)(=O)Nc1cccc(NC(=O)CC(C)C2CCCNC2)c1. The summed E-state index contributed by atoms with van der Waals surface area (Å²) in [5, 5.41) is 6.26. The first-order valence-electron chi connectivity index (χ1n) is 9.00. The molecule has 2 atom stereocenters. The van der Waals surface area contributed by atoms with E-state index in [-0.39, 0.29) is 11.7 Å². The number of hydrogen-bond donors (Lipinski definition) is 3. The number of amides is 1. The Balaban J connectivity index is 1.91. The van der Waals surface area contributed by atoms with E-state index < -0.39 is 10.0 Å².